The van der Waals surface area contributed by atoms with Crippen molar-refractivity contribution in [3.63, 3.8) is 0 Å². The molecule has 1 N–H and O–H groups in total. The Bertz CT molecular complexity index is 614. The summed E-state index contributed by atoms with van der Waals surface area (Å²) in [6, 6.07) is 7.08. The number of nitrogens with zero attached hydrogens (tertiary/aromatic N) is 1. The van der Waals surface area contributed by atoms with Crippen LogP contribution in [0.5, 0.6) is 5.75 Å². The van der Waals surface area contributed by atoms with Gasteiger partial charge in [0.1, 0.15) is 5.75 Å². The van der Waals surface area contributed by atoms with Gasteiger partial charge in [0, 0.05) is 18.8 Å². The molecule has 0 aliphatic rings. The fourth-order valence-electron chi connectivity index (χ4n) is 2.23. The smallest absolute Gasteiger partial charge is 0.339 e. The van der Waals surface area contributed by atoms with Crippen molar-refractivity contribution >= 4 is 5.97 Å². The van der Waals surface area contributed by atoms with Crippen molar-refractivity contribution in [3.8, 4) is 17.0 Å². The summed E-state index contributed by atoms with van der Waals surface area (Å²) >= 11 is 0. The van der Waals surface area contributed by atoms with Crippen LogP contribution in [0, 0.1) is 6.92 Å². The number of benzene rings is 1. The first kappa shape index (κ1) is 13.2. The molecule has 100 valence electrons. The van der Waals surface area contributed by atoms with Gasteiger partial charge in [0.25, 0.3) is 0 Å². The molecule has 2 aromatic rings. The first-order valence-corrected chi connectivity index (χ1v) is 6.17. The van der Waals surface area contributed by atoms with Crippen molar-refractivity contribution in [2.45, 2.75) is 13.8 Å². The highest BCUT2D eigenvalue weighted by molar-refractivity contribution is 5.93. The Kier molecular flexibility index (Phi) is 3.60. The Morgan fingerprint density at radius 2 is 2.05 bits per heavy atom. The van der Waals surface area contributed by atoms with Gasteiger partial charge in [0.05, 0.1) is 17.9 Å². The lowest BCUT2D eigenvalue weighted by Crippen LogP contribution is -2.04. The molecule has 0 saturated carbocycles. The summed E-state index contributed by atoms with van der Waals surface area (Å²) in [6.45, 7) is 3.98. The van der Waals surface area contributed by atoms with Gasteiger partial charge in [0.15, 0.2) is 0 Å². The van der Waals surface area contributed by atoms with Gasteiger partial charge >= 0.3 is 5.97 Å². The maximum Gasteiger partial charge on any atom is 0.339 e. The molecule has 0 amide bonds. The zero-order valence-electron chi connectivity index (χ0n) is 11.3. The SMILES string of the molecule is CCOC(=O)c1cn(C)c(-c2ccccc2O)c1C. The molecule has 19 heavy (non-hydrogen) atoms. The summed E-state index contributed by atoms with van der Waals surface area (Å²) in [7, 11) is 1.84. The van der Waals surface area contributed by atoms with E-state index < -0.39 is 0 Å². The van der Waals surface area contributed by atoms with E-state index in [1.807, 2.05) is 30.7 Å². The van der Waals surface area contributed by atoms with Crippen LogP contribution < -0.4 is 0 Å². The van der Waals surface area contributed by atoms with E-state index in [1.54, 1.807) is 25.3 Å². The average molecular weight is 259 g/mol. The number of phenols is 1. The van der Waals surface area contributed by atoms with E-state index in [0.29, 0.717) is 17.7 Å². The summed E-state index contributed by atoms with van der Waals surface area (Å²) in [5, 5.41) is 9.93. The van der Waals surface area contributed by atoms with Crippen LogP contribution in [0.4, 0.5) is 0 Å². The van der Waals surface area contributed by atoms with Crippen molar-refractivity contribution in [2.75, 3.05) is 6.61 Å². The molecule has 4 nitrogen and oxygen atoms in total. The average Bonchev–Trinajstić information content (AvgIpc) is 2.66. The number of aryl methyl sites for hydroxylation is 1. The minimum Gasteiger partial charge on any atom is -0.507 e. The zero-order valence-corrected chi connectivity index (χ0v) is 11.3. The molecule has 0 saturated heterocycles. The number of esters is 1. The molecule has 2 rings (SSSR count). The summed E-state index contributed by atoms with van der Waals surface area (Å²) in [4.78, 5) is 11.8. The molecule has 0 atom stereocenters. The number of carbonyl (C=O) groups is 1. The van der Waals surface area contributed by atoms with Crippen molar-refractivity contribution in [2.24, 2.45) is 7.05 Å². The topological polar surface area (TPSA) is 51.5 Å². The van der Waals surface area contributed by atoms with E-state index in [1.165, 1.54) is 0 Å². The fourth-order valence-corrected chi connectivity index (χ4v) is 2.23. The van der Waals surface area contributed by atoms with Crippen LogP contribution in [0.3, 0.4) is 0 Å². The Hall–Kier alpha value is -2.23. The summed E-state index contributed by atoms with van der Waals surface area (Å²) in [6.07, 6.45) is 1.73. The van der Waals surface area contributed by atoms with Crippen molar-refractivity contribution in [1.29, 1.82) is 0 Å². The van der Waals surface area contributed by atoms with Gasteiger partial charge in [-0.05, 0) is 31.5 Å². The lowest BCUT2D eigenvalue weighted by atomic mass is 10.1. The third-order valence-corrected chi connectivity index (χ3v) is 3.09. The molecule has 0 aliphatic carbocycles. The third kappa shape index (κ3) is 2.34. The van der Waals surface area contributed by atoms with Gasteiger partial charge in [-0.2, -0.15) is 0 Å². The van der Waals surface area contributed by atoms with E-state index in [4.69, 9.17) is 4.74 Å². The molecule has 1 aromatic heterocycles. The van der Waals surface area contributed by atoms with Crippen LogP contribution in [0.2, 0.25) is 0 Å². The Labute approximate surface area is 112 Å². The molecule has 0 unspecified atom stereocenters. The van der Waals surface area contributed by atoms with Crippen LogP contribution in [0.25, 0.3) is 11.3 Å². The van der Waals surface area contributed by atoms with Gasteiger partial charge in [0.2, 0.25) is 0 Å². The van der Waals surface area contributed by atoms with Gasteiger partial charge in [-0.1, -0.05) is 12.1 Å². The molecule has 1 heterocycles. The predicted octanol–water partition coefficient (Wildman–Crippen LogP) is 2.88. The lowest BCUT2D eigenvalue weighted by Gasteiger charge is -2.07. The quantitative estimate of drug-likeness (QED) is 0.862. The molecule has 0 spiro atoms. The van der Waals surface area contributed by atoms with E-state index in [9.17, 15) is 9.90 Å². The van der Waals surface area contributed by atoms with Crippen molar-refractivity contribution < 1.29 is 14.6 Å². The van der Waals surface area contributed by atoms with Crippen molar-refractivity contribution in [3.05, 3.63) is 41.6 Å². The molecule has 0 bridgehead atoms. The second kappa shape index (κ2) is 5.18. The second-order valence-electron chi connectivity index (χ2n) is 4.36. The molecule has 0 fully saturated rings. The highest BCUT2D eigenvalue weighted by Gasteiger charge is 2.19. The minimum atomic E-state index is -0.336. The molecular weight excluding hydrogens is 242 g/mol. The molecule has 0 radical (unpaired) electrons. The van der Waals surface area contributed by atoms with Gasteiger partial charge in [-0.3, -0.25) is 0 Å². The normalized spacial score (nSPS) is 10.5. The first-order valence-electron chi connectivity index (χ1n) is 6.17. The number of carbonyl (C=O) groups excluding carboxylic acids is 1. The molecule has 1 aromatic carbocycles. The van der Waals surface area contributed by atoms with Gasteiger partial charge < -0.3 is 14.4 Å². The fraction of sp³-hybridized carbons (Fsp3) is 0.267. The number of para-hydroxylation sites is 1. The van der Waals surface area contributed by atoms with E-state index in [0.717, 1.165) is 11.3 Å². The molecular formula is C15H17NO3. The summed E-state index contributed by atoms with van der Waals surface area (Å²) in [5.74, 6) is -0.139. The van der Waals surface area contributed by atoms with Crippen LogP contribution >= 0.6 is 0 Å². The third-order valence-electron chi connectivity index (χ3n) is 3.09. The number of ether oxygens (including phenoxy) is 1. The lowest BCUT2D eigenvalue weighted by molar-refractivity contribution is 0.0525. The maximum absolute atomic E-state index is 11.8. The second-order valence-corrected chi connectivity index (χ2v) is 4.36. The minimum absolute atomic E-state index is 0.196. The zero-order chi connectivity index (χ0) is 14.0. The van der Waals surface area contributed by atoms with E-state index in [-0.39, 0.29) is 11.7 Å². The van der Waals surface area contributed by atoms with Crippen LogP contribution in [0.15, 0.2) is 30.5 Å². The highest BCUT2D eigenvalue weighted by Crippen LogP contribution is 2.33. The highest BCUT2D eigenvalue weighted by atomic mass is 16.5. The van der Waals surface area contributed by atoms with Gasteiger partial charge in [-0.25, -0.2) is 4.79 Å². The van der Waals surface area contributed by atoms with Crippen LogP contribution in [-0.4, -0.2) is 22.2 Å². The summed E-state index contributed by atoms with van der Waals surface area (Å²) in [5.41, 5.74) is 2.87. The number of aromatic hydroxyl groups is 1. The van der Waals surface area contributed by atoms with Crippen LogP contribution in [0.1, 0.15) is 22.8 Å². The van der Waals surface area contributed by atoms with Crippen LogP contribution in [-0.2, 0) is 11.8 Å². The summed E-state index contributed by atoms with van der Waals surface area (Å²) < 4.78 is 6.86. The number of phenolic OH excluding ortho intramolecular Hbond substituents is 1. The molecule has 4 heteroatoms. The number of aromatic nitrogens is 1. The number of hydrogen-bond acceptors (Lipinski definition) is 3. The van der Waals surface area contributed by atoms with E-state index >= 15 is 0 Å². The maximum atomic E-state index is 11.8. The van der Waals surface area contributed by atoms with Gasteiger partial charge in [-0.15, -0.1) is 0 Å². The first-order chi connectivity index (χ1) is 9.06. The predicted molar refractivity (Wildman–Crippen MR) is 73.2 cm³/mol. The Morgan fingerprint density at radius 3 is 2.68 bits per heavy atom. The number of rotatable bonds is 3. The monoisotopic (exact) mass is 259 g/mol. The van der Waals surface area contributed by atoms with Crippen molar-refractivity contribution in [1.82, 2.24) is 4.57 Å². The largest absolute Gasteiger partial charge is 0.507 e. The Balaban J connectivity index is 2.54. The Morgan fingerprint density at radius 1 is 1.37 bits per heavy atom. The standard InChI is InChI=1S/C15H17NO3/c1-4-19-15(18)12-9-16(3)14(10(12)2)11-7-5-6-8-13(11)17/h5-9,17H,4H2,1-3H3. The number of hydrogen-bond donors (Lipinski definition) is 1. The molecule has 0 aliphatic heterocycles. The van der Waals surface area contributed by atoms with E-state index in [2.05, 4.69) is 0 Å².